The molecule has 4 heteroatoms. The normalized spacial score (nSPS) is 11.1. The fourth-order valence-electron chi connectivity index (χ4n) is 3.42. The van der Waals surface area contributed by atoms with Crippen molar-refractivity contribution in [3.8, 4) is 23.0 Å². The van der Waals surface area contributed by atoms with Crippen LogP contribution in [0.3, 0.4) is 0 Å². The van der Waals surface area contributed by atoms with E-state index in [0.29, 0.717) is 0 Å². The van der Waals surface area contributed by atoms with E-state index in [0.717, 1.165) is 45.5 Å². The first-order chi connectivity index (χ1) is 17.8. The predicted octanol–water partition coefficient (Wildman–Crippen LogP) is 8.77. The van der Waals surface area contributed by atoms with E-state index < -0.39 is 0 Å². The molecule has 0 saturated heterocycles. The number of benzene rings is 5. The van der Waals surface area contributed by atoms with Gasteiger partial charge in [0.05, 0.1) is 11.4 Å². The summed E-state index contributed by atoms with van der Waals surface area (Å²) in [6, 6.07) is 42.9. The van der Waals surface area contributed by atoms with Crippen LogP contribution in [0.25, 0.3) is 0 Å². The lowest BCUT2D eigenvalue weighted by atomic mass is 10.1. The Morgan fingerprint density at radius 1 is 0.361 bits per heavy atom. The largest absolute Gasteiger partial charge is 0.457 e. The van der Waals surface area contributed by atoms with E-state index in [1.807, 2.05) is 146 Å². The van der Waals surface area contributed by atoms with E-state index in [2.05, 4.69) is 9.98 Å². The molecule has 0 heterocycles. The second kappa shape index (κ2) is 11.4. The third kappa shape index (κ3) is 6.55. The molecule has 0 aliphatic rings. The van der Waals surface area contributed by atoms with Gasteiger partial charge >= 0.3 is 0 Å². The number of aliphatic imine (C=N–C) groups is 2. The van der Waals surface area contributed by atoms with Crippen LogP contribution in [0.2, 0.25) is 0 Å². The first-order valence-electron chi connectivity index (χ1n) is 11.6. The van der Waals surface area contributed by atoms with E-state index in [9.17, 15) is 0 Å². The Balaban J connectivity index is 1.15. The molecule has 0 saturated carbocycles. The van der Waals surface area contributed by atoms with Crippen molar-refractivity contribution in [3.63, 3.8) is 0 Å². The molecule has 0 atom stereocenters. The van der Waals surface area contributed by atoms with Gasteiger partial charge in [0.25, 0.3) is 0 Å². The maximum atomic E-state index is 5.82. The van der Waals surface area contributed by atoms with Gasteiger partial charge in [0.1, 0.15) is 23.0 Å². The van der Waals surface area contributed by atoms with Crippen molar-refractivity contribution in [2.24, 2.45) is 9.98 Å². The predicted molar refractivity (Wildman–Crippen MR) is 147 cm³/mol. The minimum atomic E-state index is 0.780. The molecule has 174 valence electrons. The maximum Gasteiger partial charge on any atom is 0.127 e. The summed E-state index contributed by atoms with van der Waals surface area (Å²) in [7, 11) is 0. The molecule has 0 aliphatic carbocycles. The highest BCUT2D eigenvalue weighted by molar-refractivity contribution is 5.86. The highest BCUT2D eigenvalue weighted by Gasteiger charge is 1.98. The first kappa shape index (κ1) is 22.8. The Hall–Kier alpha value is -4.96. The lowest BCUT2D eigenvalue weighted by molar-refractivity contribution is 0.482. The van der Waals surface area contributed by atoms with Crippen molar-refractivity contribution in [1.82, 2.24) is 0 Å². The molecule has 4 nitrogen and oxygen atoms in total. The zero-order chi connectivity index (χ0) is 24.4. The summed E-state index contributed by atoms with van der Waals surface area (Å²) in [4.78, 5) is 9.12. The summed E-state index contributed by atoms with van der Waals surface area (Å²) in [5.41, 5.74) is 3.75. The van der Waals surface area contributed by atoms with Crippen molar-refractivity contribution in [1.29, 1.82) is 0 Å². The van der Waals surface area contributed by atoms with Crippen molar-refractivity contribution < 1.29 is 9.47 Å². The third-order valence-electron chi connectivity index (χ3n) is 5.29. The fraction of sp³-hybridized carbons (Fsp3) is 0. The molecule has 0 N–H and O–H groups in total. The minimum Gasteiger partial charge on any atom is -0.457 e. The van der Waals surface area contributed by atoms with Gasteiger partial charge < -0.3 is 9.47 Å². The molecular formula is C32H24N2O2. The highest BCUT2D eigenvalue weighted by Crippen LogP contribution is 2.25. The average Bonchev–Trinajstić information content (AvgIpc) is 2.94. The van der Waals surface area contributed by atoms with Gasteiger partial charge in [-0.3, -0.25) is 9.98 Å². The number of ether oxygens (including phenoxy) is 2. The van der Waals surface area contributed by atoms with Gasteiger partial charge in [-0.1, -0.05) is 60.7 Å². The van der Waals surface area contributed by atoms with Gasteiger partial charge in [0.2, 0.25) is 0 Å². The summed E-state index contributed by atoms with van der Waals surface area (Å²) in [6.07, 6.45) is 3.69. The Kier molecular flexibility index (Phi) is 7.26. The molecular weight excluding hydrogens is 444 g/mol. The van der Waals surface area contributed by atoms with Crippen LogP contribution in [0.1, 0.15) is 11.1 Å². The van der Waals surface area contributed by atoms with Crippen molar-refractivity contribution in [3.05, 3.63) is 145 Å². The van der Waals surface area contributed by atoms with Crippen molar-refractivity contribution >= 4 is 23.8 Å². The van der Waals surface area contributed by atoms with Crippen LogP contribution in [0, 0.1) is 0 Å². The zero-order valence-corrected chi connectivity index (χ0v) is 19.6. The van der Waals surface area contributed by atoms with Crippen LogP contribution >= 0.6 is 0 Å². The summed E-state index contributed by atoms with van der Waals surface area (Å²) in [5.74, 6) is 3.18. The SMILES string of the molecule is C(=Nc1ccc(Oc2ccccc2)cc1)c1ccc(C=Nc2ccc(Oc3ccccc3)cc2)cc1. The Labute approximate surface area is 210 Å². The quantitative estimate of drug-likeness (QED) is 0.214. The lowest BCUT2D eigenvalue weighted by Gasteiger charge is -2.05. The molecule has 0 fully saturated rings. The summed E-state index contributed by atoms with van der Waals surface area (Å²) in [6.45, 7) is 0. The zero-order valence-electron chi connectivity index (χ0n) is 19.6. The van der Waals surface area contributed by atoms with Crippen LogP contribution < -0.4 is 9.47 Å². The van der Waals surface area contributed by atoms with E-state index in [4.69, 9.17) is 9.47 Å². The molecule has 36 heavy (non-hydrogen) atoms. The molecule has 0 amide bonds. The van der Waals surface area contributed by atoms with Crippen molar-refractivity contribution in [2.75, 3.05) is 0 Å². The Morgan fingerprint density at radius 3 is 1.06 bits per heavy atom. The molecule has 0 aromatic heterocycles. The molecule has 5 aromatic rings. The van der Waals surface area contributed by atoms with Crippen LogP contribution in [0.5, 0.6) is 23.0 Å². The molecule has 0 spiro atoms. The highest BCUT2D eigenvalue weighted by atomic mass is 16.5. The van der Waals surface area contributed by atoms with Gasteiger partial charge in [0.15, 0.2) is 0 Å². The second-order valence-electron chi connectivity index (χ2n) is 8.00. The van der Waals surface area contributed by atoms with Crippen molar-refractivity contribution in [2.45, 2.75) is 0 Å². The molecule has 0 unspecified atom stereocenters. The van der Waals surface area contributed by atoms with E-state index >= 15 is 0 Å². The van der Waals surface area contributed by atoms with Gasteiger partial charge in [-0.15, -0.1) is 0 Å². The molecule has 0 aliphatic heterocycles. The number of hydrogen-bond donors (Lipinski definition) is 0. The average molecular weight is 469 g/mol. The summed E-state index contributed by atoms with van der Waals surface area (Å²) in [5, 5.41) is 0. The smallest absolute Gasteiger partial charge is 0.127 e. The van der Waals surface area contributed by atoms with Gasteiger partial charge in [-0.2, -0.15) is 0 Å². The number of hydrogen-bond acceptors (Lipinski definition) is 4. The summed E-state index contributed by atoms with van der Waals surface area (Å²) >= 11 is 0. The van der Waals surface area contributed by atoms with Crippen LogP contribution in [0.4, 0.5) is 11.4 Å². The summed E-state index contributed by atoms with van der Waals surface area (Å²) < 4.78 is 11.6. The van der Waals surface area contributed by atoms with E-state index in [1.165, 1.54) is 0 Å². The van der Waals surface area contributed by atoms with Crippen LogP contribution in [-0.2, 0) is 0 Å². The first-order valence-corrected chi connectivity index (χ1v) is 11.6. The molecule has 0 bridgehead atoms. The molecule has 5 aromatic carbocycles. The van der Waals surface area contributed by atoms with Crippen LogP contribution in [0.15, 0.2) is 143 Å². The topological polar surface area (TPSA) is 43.2 Å². The Bertz CT molecular complexity index is 1310. The fourth-order valence-corrected chi connectivity index (χ4v) is 3.42. The minimum absolute atomic E-state index is 0.780. The van der Waals surface area contributed by atoms with Gasteiger partial charge in [0, 0.05) is 12.4 Å². The lowest BCUT2D eigenvalue weighted by Crippen LogP contribution is -1.85. The molecule has 5 rings (SSSR count). The monoisotopic (exact) mass is 468 g/mol. The van der Waals surface area contributed by atoms with E-state index in [1.54, 1.807) is 0 Å². The third-order valence-corrected chi connectivity index (χ3v) is 5.29. The number of rotatable bonds is 8. The maximum absolute atomic E-state index is 5.82. The Morgan fingerprint density at radius 2 is 0.694 bits per heavy atom. The van der Waals surface area contributed by atoms with Gasteiger partial charge in [-0.25, -0.2) is 0 Å². The standard InChI is InChI=1S/C32H24N2O2/c1-3-7-29(8-4-1)35-31-19-15-27(16-20-31)33-23-25-11-13-26(14-12-25)24-34-28-17-21-32(22-18-28)36-30-9-5-2-6-10-30/h1-24H. The molecule has 0 radical (unpaired) electrons. The van der Waals surface area contributed by atoms with Gasteiger partial charge in [-0.05, 0) is 83.9 Å². The van der Waals surface area contributed by atoms with Crippen LogP contribution in [-0.4, -0.2) is 12.4 Å². The number of para-hydroxylation sites is 2. The van der Waals surface area contributed by atoms with E-state index in [-0.39, 0.29) is 0 Å². The number of nitrogens with zero attached hydrogens (tertiary/aromatic N) is 2. The second-order valence-corrected chi connectivity index (χ2v) is 8.00.